The summed E-state index contributed by atoms with van der Waals surface area (Å²) in [5.74, 6) is 2.88. The van der Waals surface area contributed by atoms with Crippen molar-refractivity contribution in [1.82, 2.24) is 9.78 Å². The van der Waals surface area contributed by atoms with Crippen molar-refractivity contribution in [3.05, 3.63) is 29.5 Å². The third kappa shape index (κ3) is 2.82. The van der Waals surface area contributed by atoms with Crippen LogP contribution in [0, 0.1) is 6.92 Å². The zero-order valence-corrected chi connectivity index (χ0v) is 12.7. The normalized spacial score (nSPS) is 10.4. The topological polar surface area (TPSA) is 45.5 Å². The first kappa shape index (κ1) is 14.5. The molecule has 20 heavy (non-hydrogen) atoms. The Kier molecular flexibility index (Phi) is 4.39. The highest BCUT2D eigenvalue weighted by atomic mass is 35.5. The molecule has 0 spiro atoms. The molecule has 0 atom stereocenters. The van der Waals surface area contributed by atoms with Gasteiger partial charge in [-0.15, -0.1) is 11.6 Å². The lowest BCUT2D eigenvalue weighted by atomic mass is 10.3. The Labute approximate surface area is 123 Å². The van der Waals surface area contributed by atoms with E-state index in [1.165, 1.54) is 0 Å². The van der Waals surface area contributed by atoms with Gasteiger partial charge in [0.25, 0.3) is 0 Å². The summed E-state index contributed by atoms with van der Waals surface area (Å²) in [4.78, 5) is 0. The van der Waals surface area contributed by atoms with Crippen molar-refractivity contribution in [3.8, 4) is 23.1 Å². The van der Waals surface area contributed by atoms with Gasteiger partial charge in [-0.25, -0.2) is 4.68 Å². The van der Waals surface area contributed by atoms with Crippen LogP contribution in [0.25, 0.3) is 0 Å². The molecule has 2 rings (SSSR count). The van der Waals surface area contributed by atoms with E-state index in [9.17, 15) is 0 Å². The fourth-order valence-electron chi connectivity index (χ4n) is 1.91. The third-order valence-electron chi connectivity index (χ3n) is 2.96. The first-order chi connectivity index (χ1) is 9.58. The summed E-state index contributed by atoms with van der Waals surface area (Å²) in [6.07, 6.45) is 0. The second-order valence-corrected chi connectivity index (χ2v) is 4.54. The molecule has 0 aliphatic carbocycles. The molecule has 0 aliphatic heterocycles. The van der Waals surface area contributed by atoms with Gasteiger partial charge in [0, 0.05) is 25.2 Å². The Morgan fingerprint density at radius 2 is 1.65 bits per heavy atom. The molecule has 2 aromatic rings. The number of aryl methyl sites for hydroxylation is 2. The molecule has 6 heteroatoms. The zero-order valence-electron chi connectivity index (χ0n) is 11.9. The van der Waals surface area contributed by atoms with Gasteiger partial charge in [0.2, 0.25) is 5.88 Å². The molecule has 1 heterocycles. The van der Waals surface area contributed by atoms with Crippen LogP contribution >= 0.6 is 11.6 Å². The van der Waals surface area contributed by atoms with E-state index in [4.69, 9.17) is 25.8 Å². The molecule has 0 radical (unpaired) electrons. The van der Waals surface area contributed by atoms with E-state index >= 15 is 0 Å². The number of aromatic nitrogens is 2. The summed E-state index contributed by atoms with van der Waals surface area (Å²) in [5.41, 5.74) is 1.73. The third-order valence-corrected chi connectivity index (χ3v) is 3.23. The van der Waals surface area contributed by atoms with Crippen molar-refractivity contribution in [2.24, 2.45) is 7.05 Å². The highest BCUT2D eigenvalue weighted by molar-refractivity contribution is 6.17. The summed E-state index contributed by atoms with van der Waals surface area (Å²) in [7, 11) is 5.00. The first-order valence-corrected chi connectivity index (χ1v) is 6.61. The van der Waals surface area contributed by atoms with Crippen LogP contribution in [0.4, 0.5) is 0 Å². The average Bonchev–Trinajstić information content (AvgIpc) is 2.72. The molecule has 0 saturated carbocycles. The minimum atomic E-state index is 0.343. The number of ether oxygens (including phenoxy) is 3. The quantitative estimate of drug-likeness (QED) is 0.794. The molecular weight excluding hydrogens is 280 g/mol. The van der Waals surface area contributed by atoms with Crippen molar-refractivity contribution in [2.75, 3.05) is 14.2 Å². The number of hydrogen-bond donors (Lipinski definition) is 0. The second-order valence-electron chi connectivity index (χ2n) is 4.28. The van der Waals surface area contributed by atoms with Crippen molar-refractivity contribution in [1.29, 1.82) is 0 Å². The summed E-state index contributed by atoms with van der Waals surface area (Å²) in [6.45, 7) is 1.90. The largest absolute Gasteiger partial charge is 0.496 e. The Balaban J connectivity index is 2.39. The number of hydrogen-bond acceptors (Lipinski definition) is 4. The molecule has 0 unspecified atom stereocenters. The predicted octanol–water partition coefficient (Wildman–Crippen LogP) is 3.28. The molecular formula is C14H17ClN2O3. The monoisotopic (exact) mass is 296 g/mol. The average molecular weight is 297 g/mol. The van der Waals surface area contributed by atoms with Gasteiger partial charge < -0.3 is 14.2 Å². The maximum Gasteiger partial charge on any atom is 0.222 e. The van der Waals surface area contributed by atoms with Crippen LogP contribution in [0.3, 0.4) is 0 Å². The first-order valence-electron chi connectivity index (χ1n) is 6.08. The van der Waals surface area contributed by atoms with Crippen LogP contribution in [0.2, 0.25) is 0 Å². The summed E-state index contributed by atoms with van der Waals surface area (Å²) in [5, 5.41) is 4.31. The van der Waals surface area contributed by atoms with Crippen LogP contribution in [0.15, 0.2) is 18.2 Å². The Bertz CT molecular complexity index is 588. The van der Waals surface area contributed by atoms with Crippen LogP contribution in [0.1, 0.15) is 11.3 Å². The minimum absolute atomic E-state index is 0.343. The van der Waals surface area contributed by atoms with Crippen LogP contribution in [-0.2, 0) is 12.9 Å². The van der Waals surface area contributed by atoms with Crippen LogP contribution < -0.4 is 14.2 Å². The Hall–Kier alpha value is -1.88. The minimum Gasteiger partial charge on any atom is -0.496 e. The number of benzene rings is 1. The fourth-order valence-corrected chi connectivity index (χ4v) is 2.22. The van der Waals surface area contributed by atoms with E-state index in [1.807, 2.05) is 14.0 Å². The van der Waals surface area contributed by atoms with E-state index in [0.717, 1.165) is 11.3 Å². The predicted molar refractivity (Wildman–Crippen MR) is 77.1 cm³/mol. The molecule has 1 aromatic heterocycles. The fraction of sp³-hybridized carbons (Fsp3) is 0.357. The van der Waals surface area contributed by atoms with Crippen molar-refractivity contribution in [3.63, 3.8) is 0 Å². The summed E-state index contributed by atoms with van der Waals surface area (Å²) >= 11 is 5.95. The standard InChI is InChI=1S/C14H17ClN2O3/c1-9-13(8-15)14(17(2)16-9)20-12-6-10(18-3)5-11(7-12)19-4/h5-7H,8H2,1-4H3. The van der Waals surface area contributed by atoms with Gasteiger partial charge in [0.05, 0.1) is 31.4 Å². The van der Waals surface area contributed by atoms with Gasteiger partial charge in [-0.05, 0) is 6.92 Å². The van der Waals surface area contributed by atoms with E-state index in [0.29, 0.717) is 29.0 Å². The maximum absolute atomic E-state index is 5.95. The smallest absolute Gasteiger partial charge is 0.222 e. The van der Waals surface area contributed by atoms with Crippen LogP contribution in [0.5, 0.6) is 23.1 Å². The molecule has 1 aromatic carbocycles. The van der Waals surface area contributed by atoms with Gasteiger partial charge in [-0.1, -0.05) is 0 Å². The highest BCUT2D eigenvalue weighted by Gasteiger charge is 2.15. The van der Waals surface area contributed by atoms with Gasteiger partial charge >= 0.3 is 0 Å². The van der Waals surface area contributed by atoms with Gasteiger partial charge in [-0.2, -0.15) is 5.10 Å². The molecule has 0 saturated heterocycles. The molecule has 0 aliphatic rings. The van der Waals surface area contributed by atoms with E-state index < -0.39 is 0 Å². The lowest BCUT2D eigenvalue weighted by Crippen LogP contribution is -1.97. The van der Waals surface area contributed by atoms with Crippen LogP contribution in [-0.4, -0.2) is 24.0 Å². The van der Waals surface area contributed by atoms with E-state index in [-0.39, 0.29) is 0 Å². The summed E-state index contributed by atoms with van der Waals surface area (Å²) < 4.78 is 18.0. The molecule has 108 valence electrons. The number of methoxy groups -OCH3 is 2. The van der Waals surface area contributed by atoms with Gasteiger partial charge in [-0.3, -0.25) is 0 Å². The van der Waals surface area contributed by atoms with Gasteiger partial charge in [0.15, 0.2) is 0 Å². The van der Waals surface area contributed by atoms with Crippen molar-refractivity contribution < 1.29 is 14.2 Å². The lowest BCUT2D eigenvalue weighted by Gasteiger charge is -2.11. The Morgan fingerprint density at radius 1 is 1.10 bits per heavy atom. The highest BCUT2D eigenvalue weighted by Crippen LogP contribution is 2.33. The van der Waals surface area contributed by atoms with Crippen molar-refractivity contribution in [2.45, 2.75) is 12.8 Å². The molecule has 0 bridgehead atoms. The van der Waals surface area contributed by atoms with E-state index in [1.54, 1.807) is 37.1 Å². The summed E-state index contributed by atoms with van der Waals surface area (Å²) in [6, 6.07) is 5.34. The van der Waals surface area contributed by atoms with E-state index in [2.05, 4.69) is 5.10 Å². The molecule has 0 fully saturated rings. The molecule has 0 N–H and O–H groups in total. The number of rotatable bonds is 5. The zero-order chi connectivity index (χ0) is 14.7. The number of nitrogens with zero attached hydrogens (tertiary/aromatic N) is 2. The molecule has 0 amide bonds. The Morgan fingerprint density at radius 3 is 2.15 bits per heavy atom. The maximum atomic E-state index is 5.95. The molecule has 5 nitrogen and oxygen atoms in total. The van der Waals surface area contributed by atoms with Gasteiger partial charge in [0.1, 0.15) is 17.2 Å². The number of halogens is 1. The second kappa shape index (κ2) is 6.05. The SMILES string of the molecule is COc1cc(OC)cc(Oc2c(CCl)c(C)nn2C)c1. The lowest BCUT2D eigenvalue weighted by molar-refractivity contribution is 0.380. The van der Waals surface area contributed by atoms with Crippen molar-refractivity contribution >= 4 is 11.6 Å². The number of alkyl halides is 1.